The fourth-order valence-corrected chi connectivity index (χ4v) is 5.65. The summed E-state index contributed by atoms with van der Waals surface area (Å²) >= 11 is 0. The topological polar surface area (TPSA) is 38.9 Å². The molecule has 41 heavy (non-hydrogen) atoms. The van der Waals surface area contributed by atoms with E-state index in [0.29, 0.717) is 5.82 Å². The van der Waals surface area contributed by atoms with Gasteiger partial charge < -0.3 is 4.42 Å². The Kier molecular flexibility index (Phi) is 5.46. The van der Waals surface area contributed by atoms with Crippen molar-refractivity contribution in [1.29, 1.82) is 0 Å². The largest absolute Gasteiger partial charge is 0.455 e. The molecule has 3 heteroatoms. The van der Waals surface area contributed by atoms with Crippen LogP contribution in [-0.2, 0) is 0 Å². The van der Waals surface area contributed by atoms with E-state index in [2.05, 4.69) is 109 Å². The number of hydrogen-bond acceptors (Lipinski definition) is 3. The Morgan fingerprint density at radius 1 is 0.390 bits per heavy atom. The van der Waals surface area contributed by atoms with Gasteiger partial charge in [0.15, 0.2) is 5.82 Å². The highest BCUT2D eigenvalue weighted by Crippen LogP contribution is 2.37. The Morgan fingerprint density at radius 2 is 1.00 bits per heavy atom. The van der Waals surface area contributed by atoms with Gasteiger partial charge in [-0.3, -0.25) is 0 Å². The molecule has 3 nitrogen and oxygen atoms in total. The molecule has 0 spiro atoms. The quantitative estimate of drug-likeness (QED) is 0.230. The van der Waals surface area contributed by atoms with Crippen LogP contribution in [0.2, 0.25) is 0 Å². The van der Waals surface area contributed by atoms with Crippen LogP contribution in [0.3, 0.4) is 0 Å². The fraction of sp³-hybridized carbons (Fsp3) is 0. The van der Waals surface area contributed by atoms with E-state index in [1.54, 1.807) is 0 Å². The van der Waals surface area contributed by atoms with E-state index in [9.17, 15) is 0 Å². The highest BCUT2D eigenvalue weighted by atomic mass is 16.3. The molecule has 0 amide bonds. The van der Waals surface area contributed by atoms with Crippen molar-refractivity contribution in [2.75, 3.05) is 0 Å². The zero-order valence-electron chi connectivity index (χ0n) is 22.2. The Bertz CT molecular complexity index is 2180. The van der Waals surface area contributed by atoms with Crippen LogP contribution < -0.4 is 0 Å². The van der Waals surface area contributed by atoms with Crippen molar-refractivity contribution < 1.29 is 4.42 Å². The van der Waals surface area contributed by atoms with E-state index in [1.165, 1.54) is 11.1 Å². The molecule has 0 saturated carbocycles. The zero-order valence-corrected chi connectivity index (χ0v) is 22.2. The van der Waals surface area contributed by atoms with Crippen LogP contribution >= 0.6 is 0 Å². The van der Waals surface area contributed by atoms with E-state index in [4.69, 9.17) is 14.4 Å². The number of nitrogens with zero attached hydrogens (tertiary/aromatic N) is 2. The zero-order chi connectivity index (χ0) is 27.2. The SMILES string of the molecule is c1ccc(-c2ccc(-c3nc(-c4ccc(-c5cccc6c5oc5ccccc56)cc4)nc4ccccc34)cc2)cc1. The molecule has 0 unspecified atom stereocenters. The van der Waals surface area contributed by atoms with Crippen LogP contribution in [0.25, 0.3) is 77.7 Å². The highest BCUT2D eigenvalue weighted by molar-refractivity contribution is 6.09. The van der Waals surface area contributed by atoms with E-state index in [1.807, 2.05) is 36.4 Å². The summed E-state index contributed by atoms with van der Waals surface area (Å²) in [4.78, 5) is 10.0. The van der Waals surface area contributed by atoms with E-state index >= 15 is 0 Å². The molecule has 0 aliphatic heterocycles. The third-order valence-electron chi connectivity index (χ3n) is 7.73. The second-order valence-electron chi connectivity index (χ2n) is 10.2. The van der Waals surface area contributed by atoms with Crippen LogP contribution in [0.1, 0.15) is 0 Å². The monoisotopic (exact) mass is 524 g/mol. The van der Waals surface area contributed by atoms with Gasteiger partial charge in [-0.15, -0.1) is 0 Å². The Balaban J connectivity index is 1.20. The molecular weight excluding hydrogens is 500 g/mol. The third kappa shape index (κ3) is 4.07. The number of fused-ring (bicyclic) bond motifs is 4. The number of furan rings is 1. The molecule has 0 radical (unpaired) electrons. The molecule has 2 heterocycles. The number of benzene rings is 6. The van der Waals surface area contributed by atoms with Crippen LogP contribution in [-0.4, -0.2) is 9.97 Å². The molecule has 0 fully saturated rings. The second kappa shape index (κ2) is 9.58. The van der Waals surface area contributed by atoms with Crippen molar-refractivity contribution in [3.8, 4) is 44.9 Å². The van der Waals surface area contributed by atoms with Crippen molar-refractivity contribution in [1.82, 2.24) is 9.97 Å². The van der Waals surface area contributed by atoms with Gasteiger partial charge in [-0.2, -0.15) is 0 Å². The first-order chi connectivity index (χ1) is 20.3. The fourth-order valence-electron chi connectivity index (χ4n) is 5.65. The van der Waals surface area contributed by atoms with Crippen molar-refractivity contribution in [3.05, 3.63) is 146 Å². The standard InChI is InChI=1S/C38H24N2O/c1-2-9-25(10-3-1)26-17-21-28(22-18-26)36-33-12-4-6-15-34(33)39-38(40-36)29-23-19-27(20-24-29)30-13-8-14-32-31-11-5-7-16-35(31)41-37(30)32/h1-24H. The highest BCUT2D eigenvalue weighted by Gasteiger charge is 2.14. The summed E-state index contributed by atoms with van der Waals surface area (Å²) in [6, 6.07) is 50.2. The molecule has 192 valence electrons. The lowest BCUT2D eigenvalue weighted by Gasteiger charge is -2.11. The lowest BCUT2D eigenvalue weighted by molar-refractivity contribution is 0.670. The third-order valence-corrected chi connectivity index (χ3v) is 7.73. The molecule has 0 N–H and O–H groups in total. The molecule has 0 aliphatic rings. The summed E-state index contributed by atoms with van der Waals surface area (Å²) in [5.74, 6) is 0.708. The molecule has 0 aliphatic carbocycles. The number of hydrogen-bond donors (Lipinski definition) is 0. The minimum Gasteiger partial charge on any atom is -0.455 e. The Morgan fingerprint density at radius 3 is 1.83 bits per heavy atom. The average molecular weight is 525 g/mol. The maximum atomic E-state index is 6.28. The lowest BCUT2D eigenvalue weighted by Crippen LogP contribution is -1.95. The maximum Gasteiger partial charge on any atom is 0.160 e. The summed E-state index contributed by atoms with van der Waals surface area (Å²) in [5, 5.41) is 3.30. The Labute approximate surface area is 237 Å². The first kappa shape index (κ1) is 23.4. The normalized spacial score (nSPS) is 11.4. The number of para-hydroxylation sites is 3. The molecular formula is C38H24N2O. The minimum atomic E-state index is 0.708. The van der Waals surface area contributed by atoms with E-state index in [0.717, 1.165) is 60.8 Å². The molecule has 6 aromatic carbocycles. The average Bonchev–Trinajstić information content (AvgIpc) is 3.44. The van der Waals surface area contributed by atoms with Gasteiger partial charge >= 0.3 is 0 Å². The van der Waals surface area contributed by atoms with Gasteiger partial charge in [0, 0.05) is 32.8 Å². The smallest absolute Gasteiger partial charge is 0.160 e. The minimum absolute atomic E-state index is 0.708. The van der Waals surface area contributed by atoms with E-state index in [-0.39, 0.29) is 0 Å². The second-order valence-corrected chi connectivity index (χ2v) is 10.2. The molecule has 2 aromatic heterocycles. The summed E-state index contributed by atoms with van der Waals surface area (Å²) in [6.07, 6.45) is 0. The van der Waals surface area contributed by atoms with Gasteiger partial charge in [0.1, 0.15) is 11.2 Å². The number of rotatable bonds is 4. The number of aromatic nitrogens is 2. The van der Waals surface area contributed by atoms with Crippen molar-refractivity contribution >= 4 is 32.8 Å². The van der Waals surface area contributed by atoms with Crippen molar-refractivity contribution in [2.45, 2.75) is 0 Å². The molecule has 8 aromatic rings. The summed E-state index contributed by atoms with van der Waals surface area (Å²) < 4.78 is 6.28. The lowest BCUT2D eigenvalue weighted by atomic mass is 10.00. The van der Waals surface area contributed by atoms with Crippen LogP contribution in [0.5, 0.6) is 0 Å². The molecule has 0 bridgehead atoms. The van der Waals surface area contributed by atoms with E-state index < -0.39 is 0 Å². The Hall–Kier alpha value is -5.54. The van der Waals surface area contributed by atoms with Gasteiger partial charge in [0.25, 0.3) is 0 Å². The predicted molar refractivity (Wildman–Crippen MR) is 169 cm³/mol. The van der Waals surface area contributed by atoms with Crippen molar-refractivity contribution in [3.63, 3.8) is 0 Å². The predicted octanol–water partition coefficient (Wildman–Crippen LogP) is 10.2. The van der Waals surface area contributed by atoms with Crippen LogP contribution in [0.15, 0.2) is 150 Å². The van der Waals surface area contributed by atoms with Gasteiger partial charge in [-0.05, 0) is 28.8 Å². The summed E-state index contributed by atoms with van der Waals surface area (Å²) in [7, 11) is 0. The van der Waals surface area contributed by atoms with Crippen LogP contribution in [0, 0.1) is 0 Å². The molecule has 0 atom stereocenters. The summed E-state index contributed by atoms with van der Waals surface area (Å²) in [6.45, 7) is 0. The van der Waals surface area contributed by atoms with Gasteiger partial charge in [-0.25, -0.2) is 9.97 Å². The van der Waals surface area contributed by atoms with Crippen LogP contribution in [0.4, 0.5) is 0 Å². The first-order valence-electron chi connectivity index (χ1n) is 13.8. The maximum absolute atomic E-state index is 6.28. The van der Waals surface area contributed by atoms with Gasteiger partial charge in [-0.1, -0.05) is 133 Å². The summed E-state index contributed by atoms with van der Waals surface area (Å²) in [5.41, 5.74) is 10.3. The molecule has 8 rings (SSSR count). The van der Waals surface area contributed by atoms with Crippen molar-refractivity contribution in [2.24, 2.45) is 0 Å². The first-order valence-corrected chi connectivity index (χ1v) is 13.8. The van der Waals surface area contributed by atoms with Gasteiger partial charge in [0.2, 0.25) is 0 Å². The molecule has 0 saturated heterocycles. The van der Waals surface area contributed by atoms with Gasteiger partial charge in [0.05, 0.1) is 11.2 Å².